The molecule has 0 radical (unpaired) electrons. The quantitative estimate of drug-likeness (QED) is 0.847. The first-order chi connectivity index (χ1) is 6.13. The van der Waals surface area contributed by atoms with Crippen molar-refractivity contribution >= 4 is 38.8 Å². The Morgan fingerprint density at radius 2 is 2.38 bits per heavy atom. The Bertz CT molecular complexity index is 341. The molecule has 1 aromatic rings. The first-order valence-electron chi connectivity index (χ1n) is 3.82. The monoisotopic (exact) mass is 260 g/mol. The van der Waals surface area contributed by atoms with Gasteiger partial charge in [0.2, 0.25) is 0 Å². The predicted octanol–water partition coefficient (Wildman–Crippen LogP) is 3.39. The number of hydrogen-bond donors (Lipinski definition) is 1. The van der Waals surface area contributed by atoms with Gasteiger partial charge in [-0.05, 0) is 40.1 Å². The molecule has 0 atom stereocenters. The molecular weight excluding hydrogens is 252 g/mol. The topological polar surface area (TPSA) is 37.3 Å². The van der Waals surface area contributed by atoms with E-state index in [1.165, 1.54) is 6.08 Å². The van der Waals surface area contributed by atoms with E-state index in [2.05, 4.69) is 15.9 Å². The number of carboxylic acid groups (broad SMARTS) is 1. The largest absolute Gasteiger partial charge is 0.478 e. The maximum absolute atomic E-state index is 10.5. The van der Waals surface area contributed by atoms with E-state index < -0.39 is 5.97 Å². The predicted molar refractivity (Wildman–Crippen MR) is 57.9 cm³/mol. The van der Waals surface area contributed by atoms with Crippen LogP contribution in [-0.2, 0) is 4.79 Å². The SMILES string of the molecule is CC/C(=C\C(=O)O)c1ccc(Br)s1. The van der Waals surface area contributed by atoms with E-state index in [1.807, 2.05) is 19.1 Å². The normalized spacial score (nSPS) is 11.7. The molecule has 0 saturated heterocycles. The van der Waals surface area contributed by atoms with Crippen LogP contribution >= 0.6 is 27.3 Å². The van der Waals surface area contributed by atoms with Gasteiger partial charge in [0.25, 0.3) is 0 Å². The van der Waals surface area contributed by atoms with Crippen LogP contribution in [0.25, 0.3) is 5.57 Å². The third kappa shape index (κ3) is 2.97. The summed E-state index contributed by atoms with van der Waals surface area (Å²) in [5.74, 6) is -0.888. The van der Waals surface area contributed by atoms with Crippen LogP contribution in [0, 0.1) is 0 Å². The molecule has 1 rings (SSSR count). The van der Waals surface area contributed by atoms with Gasteiger partial charge in [0.05, 0.1) is 3.79 Å². The summed E-state index contributed by atoms with van der Waals surface area (Å²) >= 11 is 4.89. The van der Waals surface area contributed by atoms with Gasteiger partial charge in [0.15, 0.2) is 0 Å². The number of carboxylic acids is 1. The zero-order valence-electron chi connectivity index (χ0n) is 7.08. The Morgan fingerprint density at radius 1 is 1.69 bits per heavy atom. The lowest BCUT2D eigenvalue weighted by Crippen LogP contribution is -1.89. The zero-order valence-corrected chi connectivity index (χ0v) is 9.48. The molecule has 70 valence electrons. The summed E-state index contributed by atoms with van der Waals surface area (Å²) in [4.78, 5) is 11.5. The van der Waals surface area contributed by atoms with E-state index in [9.17, 15) is 4.79 Å². The standard InChI is InChI=1S/C9H9BrO2S/c1-2-6(5-9(11)12)7-3-4-8(10)13-7/h3-5H,2H2,1H3,(H,11,12)/b6-5+. The van der Waals surface area contributed by atoms with Crippen molar-refractivity contribution < 1.29 is 9.90 Å². The Balaban J connectivity index is 2.97. The first kappa shape index (κ1) is 10.5. The van der Waals surface area contributed by atoms with Gasteiger partial charge in [-0.15, -0.1) is 11.3 Å². The molecular formula is C9H9BrO2S. The molecule has 0 aliphatic rings. The molecule has 2 nitrogen and oxygen atoms in total. The second-order valence-electron chi connectivity index (χ2n) is 2.47. The molecule has 1 N–H and O–H groups in total. The van der Waals surface area contributed by atoms with Gasteiger partial charge in [0.1, 0.15) is 0 Å². The molecule has 0 aromatic carbocycles. The summed E-state index contributed by atoms with van der Waals surface area (Å²) in [5.41, 5.74) is 0.864. The Hall–Kier alpha value is -0.610. The lowest BCUT2D eigenvalue weighted by atomic mass is 10.1. The Kier molecular flexibility index (Phi) is 3.69. The first-order valence-corrected chi connectivity index (χ1v) is 5.43. The smallest absolute Gasteiger partial charge is 0.328 e. The highest BCUT2D eigenvalue weighted by Gasteiger charge is 2.04. The van der Waals surface area contributed by atoms with Gasteiger partial charge in [-0.25, -0.2) is 4.79 Å². The minimum absolute atomic E-state index is 0.735. The van der Waals surface area contributed by atoms with Crippen LogP contribution in [0.2, 0.25) is 0 Å². The van der Waals surface area contributed by atoms with Crippen LogP contribution in [-0.4, -0.2) is 11.1 Å². The molecule has 13 heavy (non-hydrogen) atoms. The second-order valence-corrected chi connectivity index (χ2v) is 4.93. The highest BCUT2D eigenvalue weighted by molar-refractivity contribution is 9.11. The summed E-state index contributed by atoms with van der Waals surface area (Å²) in [5, 5.41) is 8.60. The fraction of sp³-hybridized carbons (Fsp3) is 0.222. The average Bonchev–Trinajstić information content (AvgIpc) is 2.47. The lowest BCUT2D eigenvalue weighted by molar-refractivity contribution is -0.131. The lowest BCUT2D eigenvalue weighted by Gasteiger charge is -1.97. The van der Waals surface area contributed by atoms with Gasteiger partial charge >= 0.3 is 5.97 Å². The fourth-order valence-corrected chi connectivity index (χ4v) is 2.46. The van der Waals surface area contributed by atoms with Crippen LogP contribution in [0.5, 0.6) is 0 Å². The summed E-state index contributed by atoms with van der Waals surface area (Å²) in [7, 11) is 0. The molecule has 1 heterocycles. The third-order valence-corrected chi connectivity index (χ3v) is 3.27. The maximum atomic E-state index is 10.5. The minimum atomic E-state index is -0.888. The molecule has 0 fully saturated rings. The van der Waals surface area contributed by atoms with E-state index >= 15 is 0 Å². The maximum Gasteiger partial charge on any atom is 0.328 e. The number of halogens is 1. The molecule has 0 spiro atoms. The third-order valence-electron chi connectivity index (χ3n) is 1.57. The van der Waals surface area contributed by atoms with Crippen molar-refractivity contribution in [2.45, 2.75) is 13.3 Å². The van der Waals surface area contributed by atoms with Crippen molar-refractivity contribution in [2.75, 3.05) is 0 Å². The summed E-state index contributed by atoms with van der Waals surface area (Å²) < 4.78 is 1.02. The molecule has 4 heteroatoms. The van der Waals surface area contributed by atoms with Gasteiger partial charge in [0, 0.05) is 11.0 Å². The fourth-order valence-electron chi connectivity index (χ4n) is 0.983. The van der Waals surface area contributed by atoms with Crippen molar-refractivity contribution in [3.63, 3.8) is 0 Å². The minimum Gasteiger partial charge on any atom is -0.478 e. The Labute approximate surface area is 89.0 Å². The van der Waals surface area contributed by atoms with Crippen molar-refractivity contribution in [1.82, 2.24) is 0 Å². The van der Waals surface area contributed by atoms with Gasteiger partial charge < -0.3 is 5.11 Å². The number of allylic oxidation sites excluding steroid dienone is 1. The number of hydrogen-bond acceptors (Lipinski definition) is 2. The van der Waals surface area contributed by atoms with Gasteiger partial charge in [-0.2, -0.15) is 0 Å². The number of carbonyl (C=O) groups is 1. The second kappa shape index (κ2) is 4.58. The van der Waals surface area contributed by atoms with E-state index in [0.29, 0.717) is 0 Å². The van der Waals surface area contributed by atoms with Crippen LogP contribution in [0.15, 0.2) is 22.0 Å². The van der Waals surface area contributed by atoms with Crippen LogP contribution in [0.3, 0.4) is 0 Å². The van der Waals surface area contributed by atoms with E-state index in [4.69, 9.17) is 5.11 Å². The summed E-state index contributed by atoms with van der Waals surface area (Å²) in [6.07, 6.45) is 2.00. The molecule has 1 aromatic heterocycles. The number of aliphatic carboxylic acids is 1. The van der Waals surface area contributed by atoms with Crippen molar-refractivity contribution in [3.05, 3.63) is 26.9 Å². The molecule has 0 bridgehead atoms. The van der Waals surface area contributed by atoms with Crippen molar-refractivity contribution in [3.8, 4) is 0 Å². The average molecular weight is 261 g/mol. The van der Waals surface area contributed by atoms with E-state index in [0.717, 1.165) is 20.7 Å². The van der Waals surface area contributed by atoms with Crippen molar-refractivity contribution in [2.24, 2.45) is 0 Å². The van der Waals surface area contributed by atoms with Gasteiger partial charge in [-0.1, -0.05) is 6.92 Å². The molecule has 0 aliphatic carbocycles. The van der Waals surface area contributed by atoms with Crippen LogP contribution in [0.1, 0.15) is 18.2 Å². The van der Waals surface area contributed by atoms with E-state index in [1.54, 1.807) is 11.3 Å². The highest BCUT2D eigenvalue weighted by Crippen LogP contribution is 2.29. The highest BCUT2D eigenvalue weighted by atomic mass is 79.9. The molecule has 0 aliphatic heterocycles. The van der Waals surface area contributed by atoms with Crippen LogP contribution in [0.4, 0.5) is 0 Å². The molecule has 0 amide bonds. The van der Waals surface area contributed by atoms with Crippen molar-refractivity contribution in [1.29, 1.82) is 0 Å². The number of rotatable bonds is 3. The van der Waals surface area contributed by atoms with Gasteiger partial charge in [-0.3, -0.25) is 0 Å². The van der Waals surface area contributed by atoms with Crippen LogP contribution < -0.4 is 0 Å². The Morgan fingerprint density at radius 3 is 2.77 bits per heavy atom. The summed E-state index contributed by atoms with van der Waals surface area (Å²) in [6, 6.07) is 3.85. The van der Waals surface area contributed by atoms with E-state index in [-0.39, 0.29) is 0 Å². The molecule has 0 saturated carbocycles. The number of thiophene rings is 1. The summed E-state index contributed by atoms with van der Waals surface area (Å²) in [6.45, 7) is 1.95. The zero-order chi connectivity index (χ0) is 9.84. The molecule has 0 unspecified atom stereocenters.